The van der Waals surface area contributed by atoms with Crippen LogP contribution in [0.15, 0.2) is 30.3 Å². The SMILES string of the molecule is CCCCCCCCCCCCCCCCCCCC[N+](CCC)(CCC)Cc1ccccc1.[Cl-]. The van der Waals surface area contributed by atoms with Crippen LogP contribution in [-0.2, 0) is 6.54 Å². The lowest BCUT2D eigenvalue weighted by atomic mass is 10.0. The fraction of sp³-hybridized carbons (Fsp3) is 0.818. The third-order valence-electron chi connectivity index (χ3n) is 7.74. The van der Waals surface area contributed by atoms with Gasteiger partial charge in [0.05, 0.1) is 19.6 Å². The molecule has 0 heterocycles. The second-order valence-corrected chi connectivity index (χ2v) is 11.2. The van der Waals surface area contributed by atoms with Crippen molar-refractivity contribution in [2.45, 2.75) is 156 Å². The molecule has 206 valence electrons. The number of hydrogen-bond donors (Lipinski definition) is 0. The number of quaternary nitrogens is 1. The summed E-state index contributed by atoms with van der Waals surface area (Å²) in [6.45, 7) is 12.3. The molecule has 1 aromatic carbocycles. The van der Waals surface area contributed by atoms with Crippen molar-refractivity contribution in [3.63, 3.8) is 0 Å². The normalized spacial score (nSPS) is 11.5. The summed E-state index contributed by atoms with van der Waals surface area (Å²) in [6.07, 6.45) is 28.8. The first kappa shape index (κ1) is 34.5. The van der Waals surface area contributed by atoms with Crippen LogP contribution in [0.4, 0.5) is 0 Å². The van der Waals surface area contributed by atoms with E-state index in [0.29, 0.717) is 0 Å². The lowest BCUT2D eigenvalue weighted by Gasteiger charge is -2.39. The van der Waals surface area contributed by atoms with Crippen LogP contribution in [0.3, 0.4) is 0 Å². The highest BCUT2D eigenvalue weighted by atomic mass is 35.5. The molecule has 0 aliphatic carbocycles. The predicted molar refractivity (Wildman–Crippen MR) is 154 cm³/mol. The summed E-state index contributed by atoms with van der Waals surface area (Å²) < 4.78 is 1.30. The molecule has 0 atom stereocenters. The van der Waals surface area contributed by atoms with Crippen LogP contribution in [0.2, 0.25) is 0 Å². The Morgan fingerprint density at radius 1 is 0.429 bits per heavy atom. The summed E-state index contributed by atoms with van der Waals surface area (Å²) in [5, 5.41) is 0. The zero-order valence-electron chi connectivity index (χ0n) is 24.2. The van der Waals surface area contributed by atoms with E-state index < -0.39 is 0 Å². The van der Waals surface area contributed by atoms with Gasteiger partial charge in [0.25, 0.3) is 0 Å². The molecule has 0 aliphatic heterocycles. The zero-order valence-corrected chi connectivity index (χ0v) is 24.9. The average Bonchev–Trinajstić information content (AvgIpc) is 2.84. The first-order chi connectivity index (χ1) is 16.8. The van der Waals surface area contributed by atoms with Crippen molar-refractivity contribution in [1.29, 1.82) is 0 Å². The van der Waals surface area contributed by atoms with Crippen molar-refractivity contribution in [3.8, 4) is 0 Å². The summed E-state index contributed by atoms with van der Waals surface area (Å²) in [7, 11) is 0. The minimum atomic E-state index is 0. The van der Waals surface area contributed by atoms with E-state index in [0.717, 1.165) is 0 Å². The molecule has 2 heteroatoms. The average molecular weight is 508 g/mol. The highest BCUT2D eigenvalue weighted by Gasteiger charge is 2.25. The Hall–Kier alpha value is -0.530. The number of rotatable bonds is 25. The van der Waals surface area contributed by atoms with Gasteiger partial charge >= 0.3 is 0 Å². The maximum atomic E-state index is 2.36. The van der Waals surface area contributed by atoms with Gasteiger partial charge in [0.15, 0.2) is 0 Å². The Morgan fingerprint density at radius 2 is 0.800 bits per heavy atom. The molecule has 1 nitrogen and oxygen atoms in total. The molecule has 35 heavy (non-hydrogen) atoms. The monoisotopic (exact) mass is 507 g/mol. The van der Waals surface area contributed by atoms with Crippen molar-refractivity contribution in [1.82, 2.24) is 0 Å². The number of halogens is 1. The molecule has 0 saturated heterocycles. The molecule has 0 spiro atoms. The molecule has 0 amide bonds. The third-order valence-corrected chi connectivity index (χ3v) is 7.74. The Morgan fingerprint density at radius 3 is 1.17 bits per heavy atom. The summed E-state index contributed by atoms with van der Waals surface area (Å²) in [5.74, 6) is 0. The van der Waals surface area contributed by atoms with Crippen molar-refractivity contribution < 1.29 is 16.9 Å². The second kappa shape index (κ2) is 25.1. The van der Waals surface area contributed by atoms with Crippen LogP contribution < -0.4 is 12.4 Å². The molecule has 0 bridgehead atoms. The minimum Gasteiger partial charge on any atom is -1.00 e. The van der Waals surface area contributed by atoms with Crippen LogP contribution in [0, 0.1) is 0 Å². The van der Waals surface area contributed by atoms with Crippen molar-refractivity contribution in [2.75, 3.05) is 19.6 Å². The van der Waals surface area contributed by atoms with Gasteiger partial charge in [0.1, 0.15) is 6.54 Å². The molecular formula is C33H62ClN. The summed E-state index contributed by atoms with van der Waals surface area (Å²) >= 11 is 0. The fourth-order valence-corrected chi connectivity index (χ4v) is 5.84. The van der Waals surface area contributed by atoms with Crippen LogP contribution >= 0.6 is 0 Å². The summed E-state index contributed by atoms with van der Waals surface area (Å²) in [4.78, 5) is 0. The number of hydrogen-bond acceptors (Lipinski definition) is 0. The number of nitrogens with zero attached hydrogens (tertiary/aromatic N) is 1. The van der Waals surface area contributed by atoms with E-state index in [-0.39, 0.29) is 12.4 Å². The van der Waals surface area contributed by atoms with E-state index in [2.05, 4.69) is 51.1 Å². The molecule has 0 aromatic heterocycles. The van der Waals surface area contributed by atoms with E-state index in [1.165, 1.54) is 165 Å². The highest BCUT2D eigenvalue weighted by Crippen LogP contribution is 2.20. The highest BCUT2D eigenvalue weighted by molar-refractivity contribution is 5.13. The molecule has 0 unspecified atom stereocenters. The lowest BCUT2D eigenvalue weighted by Crippen LogP contribution is -3.00. The summed E-state index contributed by atoms with van der Waals surface area (Å²) in [6, 6.07) is 11.2. The van der Waals surface area contributed by atoms with Gasteiger partial charge in [0, 0.05) is 5.56 Å². The predicted octanol–water partition coefficient (Wildman–Crippen LogP) is 7.87. The molecule has 0 saturated carbocycles. The van der Waals surface area contributed by atoms with Gasteiger partial charge in [-0.15, -0.1) is 0 Å². The topological polar surface area (TPSA) is 0 Å². The number of unbranched alkanes of at least 4 members (excludes halogenated alkanes) is 17. The first-order valence-electron chi connectivity index (χ1n) is 15.7. The van der Waals surface area contributed by atoms with E-state index in [1.54, 1.807) is 0 Å². The fourth-order valence-electron chi connectivity index (χ4n) is 5.84. The standard InChI is InChI=1S/C33H62N.ClH/c1-4-7-8-9-10-11-12-13-14-15-16-17-18-19-20-21-22-26-31-34(29-5-2,30-6-3)32-33-27-24-23-25-28-33;/h23-25,27-28H,4-22,26,29-32H2,1-3H3;1H/q+1;/p-1. The summed E-state index contributed by atoms with van der Waals surface area (Å²) in [5.41, 5.74) is 1.52. The van der Waals surface area contributed by atoms with Gasteiger partial charge in [-0.1, -0.05) is 154 Å². The van der Waals surface area contributed by atoms with E-state index in [1.807, 2.05) is 0 Å². The Labute approximate surface area is 227 Å². The van der Waals surface area contributed by atoms with Crippen molar-refractivity contribution >= 4 is 0 Å². The van der Waals surface area contributed by atoms with Gasteiger partial charge in [-0.25, -0.2) is 0 Å². The quantitative estimate of drug-likeness (QED) is 0.0932. The van der Waals surface area contributed by atoms with Gasteiger partial charge in [-0.2, -0.15) is 0 Å². The Bertz CT molecular complexity index is 523. The Kier molecular flexibility index (Phi) is 24.8. The minimum absolute atomic E-state index is 0. The van der Waals surface area contributed by atoms with Crippen LogP contribution in [0.5, 0.6) is 0 Å². The molecule has 0 radical (unpaired) electrons. The Balaban J connectivity index is 0.0000116. The van der Waals surface area contributed by atoms with E-state index >= 15 is 0 Å². The largest absolute Gasteiger partial charge is 1.00 e. The van der Waals surface area contributed by atoms with Gasteiger partial charge in [-0.3, -0.25) is 0 Å². The number of benzene rings is 1. The van der Waals surface area contributed by atoms with E-state index in [9.17, 15) is 0 Å². The van der Waals surface area contributed by atoms with Crippen LogP contribution in [0.1, 0.15) is 155 Å². The third kappa shape index (κ3) is 19.3. The smallest absolute Gasteiger partial charge is 0.104 e. The maximum absolute atomic E-state index is 2.36. The van der Waals surface area contributed by atoms with Gasteiger partial charge in [-0.05, 0) is 25.7 Å². The molecule has 0 N–H and O–H groups in total. The molecule has 1 aromatic rings. The maximum Gasteiger partial charge on any atom is 0.104 e. The lowest BCUT2D eigenvalue weighted by molar-refractivity contribution is -0.941. The van der Waals surface area contributed by atoms with Gasteiger partial charge < -0.3 is 16.9 Å². The van der Waals surface area contributed by atoms with Crippen molar-refractivity contribution in [2.24, 2.45) is 0 Å². The molecule has 0 fully saturated rings. The van der Waals surface area contributed by atoms with Gasteiger partial charge in [0.2, 0.25) is 0 Å². The van der Waals surface area contributed by atoms with Crippen molar-refractivity contribution in [3.05, 3.63) is 35.9 Å². The molecular weight excluding hydrogens is 446 g/mol. The van der Waals surface area contributed by atoms with Crippen LogP contribution in [-0.4, -0.2) is 24.1 Å². The van der Waals surface area contributed by atoms with Crippen LogP contribution in [0.25, 0.3) is 0 Å². The first-order valence-corrected chi connectivity index (χ1v) is 15.7. The zero-order chi connectivity index (χ0) is 24.6. The second-order valence-electron chi connectivity index (χ2n) is 11.2. The molecule has 1 rings (SSSR count). The van der Waals surface area contributed by atoms with E-state index in [4.69, 9.17) is 0 Å². The molecule has 0 aliphatic rings.